The molecule has 0 saturated carbocycles. The van der Waals surface area contributed by atoms with Crippen LogP contribution in [0.5, 0.6) is 0 Å². The van der Waals surface area contributed by atoms with Crippen LogP contribution in [0.15, 0.2) is 30.3 Å². The summed E-state index contributed by atoms with van der Waals surface area (Å²) in [5, 5.41) is 10.4. The Morgan fingerprint density at radius 2 is 2.26 bits per heavy atom. The molecule has 0 spiro atoms. The number of thiophene rings is 1. The van der Waals surface area contributed by atoms with Gasteiger partial charge >= 0.3 is 5.97 Å². The van der Waals surface area contributed by atoms with E-state index >= 15 is 0 Å². The molecule has 1 unspecified atom stereocenters. The Balaban J connectivity index is 1.72. The van der Waals surface area contributed by atoms with E-state index in [2.05, 4.69) is 35.2 Å². The molecule has 19 heavy (non-hydrogen) atoms. The number of hydrogen-bond donors (Lipinski definition) is 1. The van der Waals surface area contributed by atoms with Crippen LogP contribution in [0.25, 0.3) is 10.1 Å². The molecule has 3 nitrogen and oxygen atoms in total. The summed E-state index contributed by atoms with van der Waals surface area (Å²) in [6.45, 7) is 2.57. The van der Waals surface area contributed by atoms with Crippen LogP contribution in [0.3, 0.4) is 0 Å². The second-order valence-electron chi connectivity index (χ2n) is 5.16. The Morgan fingerprint density at radius 1 is 1.42 bits per heavy atom. The fourth-order valence-electron chi connectivity index (χ4n) is 2.74. The number of carboxylic acids is 1. The van der Waals surface area contributed by atoms with Crippen molar-refractivity contribution >= 4 is 27.4 Å². The van der Waals surface area contributed by atoms with E-state index in [1.54, 1.807) is 0 Å². The van der Waals surface area contributed by atoms with Gasteiger partial charge in [-0.1, -0.05) is 18.2 Å². The number of carbonyl (C=O) groups is 1. The van der Waals surface area contributed by atoms with Gasteiger partial charge in [0, 0.05) is 22.7 Å². The van der Waals surface area contributed by atoms with Gasteiger partial charge in [-0.05, 0) is 36.9 Å². The van der Waals surface area contributed by atoms with E-state index in [9.17, 15) is 4.79 Å². The molecule has 100 valence electrons. The molecule has 1 aliphatic heterocycles. The zero-order chi connectivity index (χ0) is 13.2. The molecule has 3 rings (SSSR count). The van der Waals surface area contributed by atoms with Crippen LogP contribution in [0.4, 0.5) is 0 Å². The molecule has 1 aromatic carbocycles. The number of aliphatic carboxylic acids is 1. The van der Waals surface area contributed by atoms with Crippen molar-refractivity contribution in [1.29, 1.82) is 0 Å². The number of hydrogen-bond acceptors (Lipinski definition) is 3. The van der Waals surface area contributed by atoms with Gasteiger partial charge in [0.15, 0.2) is 0 Å². The summed E-state index contributed by atoms with van der Waals surface area (Å²) in [5.41, 5.74) is 0. The number of piperidine rings is 1. The van der Waals surface area contributed by atoms with E-state index in [1.165, 1.54) is 15.0 Å². The third-order valence-electron chi connectivity index (χ3n) is 3.71. The summed E-state index contributed by atoms with van der Waals surface area (Å²) >= 11 is 1.81. The van der Waals surface area contributed by atoms with Crippen molar-refractivity contribution in [3.8, 4) is 0 Å². The van der Waals surface area contributed by atoms with Crippen LogP contribution in [0.1, 0.15) is 17.7 Å². The van der Waals surface area contributed by atoms with E-state index < -0.39 is 5.97 Å². The van der Waals surface area contributed by atoms with Crippen LogP contribution >= 0.6 is 11.3 Å². The van der Waals surface area contributed by atoms with Crippen LogP contribution in [-0.4, -0.2) is 29.1 Å². The molecule has 2 aromatic rings. The maximum absolute atomic E-state index is 11.1. The first-order valence-electron chi connectivity index (χ1n) is 6.65. The molecule has 0 radical (unpaired) electrons. The van der Waals surface area contributed by atoms with Gasteiger partial charge in [0.1, 0.15) is 0 Å². The maximum atomic E-state index is 11.1. The summed E-state index contributed by atoms with van der Waals surface area (Å²) in [7, 11) is 0. The Labute approximate surface area is 116 Å². The minimum Gasteiger partial charge on any atom is -0.481 e. The van der Waals surface area contributed by atoms with E-state index in [-0.39, 0.29) is 5.92 Å². The molecule has 1 saturated heterocycles. The Bertz CT molecular complexity index is 560. The lowest BCUT2D eigenvalue weighted by Gasteiger charge is -2.30. The molecule has 4 heteroatoms. The third-order valence-corrected chi connectivity index (χ3v) is 4.81. The standard InChI is InChI=1S/C15H17NO2S/c17-15(18)12-5-3-7-16(9-12)10-13-8-11-4-1-2-6-14(11)19-13/h1-2,4,6,8,12H,3,5,7,9-10H2,(H,17,18). The maximum Gasteiger partial charge on any atom is 0.307 e. The summed E-state index contributed by atoms with van der Waals surface area (Å²) in [4.78, 5) is 14.7. The second kappa shape index (κ2) is 5.31. The van der Waals surface area contributed by atoms with Crippen molar-refractivity contribution in [2.45, 2.75) is 19.4 Å². The molecular formula is C15H17NO2S. The predicted octanol–water partition coefficient (Wildman–Crippen LogP) is 3.20. The van der Waals surface area contributed by atoms with Gasteiger partial charge in [-0.15, -0.1) is 11.3 Å². The highest BCUT2D eigenvalue weighted by Crippen LogP contribution is 2.27. The Hall–Kier alpha value is -1.39. The highest BCUT2D eigenvalue weighted by Gasteiger charge is 2.25. The van der Waals surface area contributed by atoms with Crippen molar-refractivity contribution in [1.82, 2.24) is 4.90 Å². The fourth-order valence-corrected chi connectivity index (χ4v) is 3.84. The van der Waals surface area contributed by atoms with E-state index in [0.29, 0.717) is 6.54 Å². The molecule has 1 aliphatic rings. The Morgan fingerprint density at radius 3 is 3.05 bits per heavy atom. The monoisotopic (exact) mass is 275 g/mol. The van der Waals surface area contributed by atoms with Crippen LogP contribution in [-0.2, 0) is 11.3 Å². The smallest absolute Gasteiger partial charge is 0.307 e. The van der Waals surface area contributed by atoms with Gasteiger partial charge in [-0.2, -0.15) is 0 Å². The predicted molar refractivity (Wildman–Crippen MR) is 77.5 cm³/mol. The number of likely N-dealkylation sites (tertiary alicyclic amines) is 1. The first kappa shape index (κ1) is 12.6. The average molecular weight is 275 g/mol. The second-order valence-corrected chi connectivity index (χ2v) is 6.33. The highest BCUT2D eigenvalue weighted by molar-refractivity contribution is 7.19. The number of benzene rings is 1. The lowest BCUT2D eigenvalue weighted by atomic mass is 9.98. The van der Waals surface area contributed by atoms with Crippen LogP contribution in [0, 0.1) is 5.92 Å². The molecule has 1 atom stereocenters. The van der Waals surface area contributed by atoms with Crippen LogP contribution < -0.4 is 0 Å². The molecule has 2 heterocycles. The molecule has 0 amide bonds. The summed E-state index contributed by atoms with van der Waals surface area (Å²) in [5.74, 6) is -0.843. The fraction of sp³-hybridized carbons (Fsp3) is 0.400. The minimum atomic E-state index is -0.652. The SMILES string of the molecule is O=C(O)C1CCCN(Cc2cc3ccccc3s2)C1. The van der Waals surface area contributed by atoms with E-state index in [1.807, 2.05) is 11.3 Å². The molecule has 1 fully saturated rings. The number of rotatable bonds is 3. The van der Waals surface area contributed by atoms with Crippen molar-refractivity contribution in [2.75, 3.05) is 13.1 Å². The molecule has 0 aliphatic carbocycles. The molecule has 1 N–H and O–H groups in total. The zero-order valence-electron chi connectivity index (χ0n) is 10.7. The van der Waals surface area contributed by atoms with Crippen molar-refractivity contribution in [3.63, 3.8) is 0 Å². The quantitative estimate of drug-likeness (QED) is 0.935. The summed E-state index contributed by atoms with van der Waals surface area (Å²) in [6, 6.07) is 10.6. The highest BCUT2D eigenvalue weighted by atomic mass is 32.1. The van der Waals surface area contributed by atoms with Gasteiger partial charge in [-0.3, -0.25) is 9.69 Å². The van der Waals surface area contributed by atoms with Crippen LogP contribution in [0.2, 0.25) is 0 Å². The Kier molecular flexibility index (Phi) is 3.53. The van der Waals surface area contributed by atoms with E-state index in [4.69, 9.17) is 5.11 Å². The van der Waals surface area contributed by atoms with Gasteiger partial charge in [0.05, 0.1) is 5.92 Å². The summed E-state index contributed by atoms with van der Waals surface area (Å²) in [6.07, 6.45) is 1.81. The summed E-state index contributed by atoms with van der Waals surface area (Å²) < 4.78 is 1.31. The topological polar surface area (TPSA) is 40.5 Å². The third kappa shape index (κ3) is 2.80. The van der Waals surface area contributed by atoms with Gasteiger partial charge in [0.25, 0.3) is 0 Å². The van der Waals surface area contributed by atoms with E-state index in [0.717, 1.165) is 25.9 Å². The first-order valence-corrected chi connectivity index (χ1v) is 7.46. The average Bonchev–Trinajstić information content (AvgIpc) is 2.81. The molecular weight excluding hydrogens is 258 g/mol. The number of fused-ring (bicyclic) bond motifs is 1. The number of nitrogens with zero attached hydrogens (tertiary/aromatic N) is 1. The van der Waals surface area contributed by atoms with Crippen molar-refractivity contribution in [2.24, 2.45) is 5.92 Å². The van der Waals surface area contributed by atoms with Crippen molar-refractivity contribution in [3.05, 3.63) is 35.2 Å². The normalized spacial score (nSPS) is 20.7. The zero-order valence-corrected chi connectivity index (χ0v) is 11.5. The van der Waals surface area contributed by atoms with Gasteiger partial charge < -0.3 is 5.11 Å². The molecule has 1 aromatic heterocycles. The lowest BCUT2D eigenvalue weighted by Crippen LogP contribution is -2.37. The molecule has 0 bridgehead atoms. The minimum absolute atomic E-state index is 0.192. The first-order chi connectivity index (χ1) is 9.22. The lowest BCUT2D eigenvalue weighted by molar-refractivity contribution is -0.143. The van der Waals surface area contributed by atoms with Crippen molar-refractivity contribution < 1.29 is 9.90 Å². The largest absolute Gasteiger partial charge is 0.481 e. The number of carboxylic acid groups (broad SMARTS) is 1. The van der Waals surface area contributed by atoms with Gasteiger partial charge in [-0.25, -0.2) is 0 Å². The van der Waals surface area contributed by atoms with Gasteiger partial charge in [0.2, 0.25) is 0 Å².